The van der Waals surface area contributed by atoms with Crippen molar-refractivity contribution < 1.29 is 18.3 Å². The monoisotopic (exact) mass is 346 g/mol. The van der Waals surface area contributed by atoms with Crippen LogP contribution in [0.15, 0.2) is 36.5 Å². The van der Waals surface area contributed by atoms with Gasteiger partial charge in [-0.3, -0.25) is 9.78 Å². The van der Waals surface area contributed by atoms with E-state index in [-0.39, 0.29) is 18.7 Å². The fourth-order valence-electron chi connectivity index (χ4n) is 2.95. The molecule has 0 saturated carbocycles. The van der Waals surface area contributed by atoms with Crippen LogP contribution in [-0.2, 0) is 4.74 Å². The normalized spacial score (nSPS) is 16.5. The molecule has 6 heteroatoms. The molecule has 1 N–H and O–H groups in total. The van der Waals surface area contributed by atoms with Crippen LogP contribution in [0.4, 0.5) is 8.78 Å². The highest BCUT2D eigenvalue weighted by Crippen LogP contribution is 2.37. The molecular weight excluding hydrogens is 326 g/mol. The summed E-state index contributed by atoms with van der Waals surface area (Å²) in [6, 6.07) is 7.39. The van der Waals surface area contributed by atoms with Crippen LogP contribution in [0.25, 0.3) is 16.5 Å². The Morgan fingerprint density at radius 2 is 2.24 bits per heavy atom. The van der Waals surface area contributed by atoms with Gasteiger partial charge in [-0.2, -0.15) is 0 Å². The Bertz CT molecular complexity index is 818. The maximum Gasteiger partial charge on any atom is 0.252 e. The van der Waals surface area contributed by atoms with Crippen LogP contribution in [-0.4, -0.2) is 37.1 Å². The zero-order chi connectivity index (χ0) is 17.9. The number of allylic oxidation sites excluding steroid dienone is 2. The number of ether oxygens (including phenoxy) is 1. The molecule has 0 saturated heterocycles. The predicted octanol–water partition coefficient (Wildman–Crippen LogP) is 3.81. The summed E-state index contributed by atoms with van der Waals surface area (Å²) in [6.45, 7) is 0.865. The lowest BCUT2D eigenvalue weighted by Crippen LogP contribution is -2.27. The lowest BCUT2D eigenvalue weighted by molar-refractivity contribution is -0.00602. The van der Waals surface area contributed by atoms with Crippen LogP contribution in [0.5, 0.6) is 0 Å². The third-order valence-corrected chi connectivity index (χ3v) is 4.32. The first-order chi connectivity index (χ1) is 12.0. The number of halogens is 2. The van der Waals surface area contributed by atoms with Crippen molar-refractivity contribution in [3.05, 3.63) is 47.7 Å². The number of methoxy groups -OCH3 is 1. The summed E-state index contributed by atoms with van der Waals surface area (Å²) in [7, 11) is 1.57. The second kappa shape index (κ2) is 7.27. The molecule has 0 spiro atoms. The summed E-state index contributed by atoms with van der Waals surface area (Å²) in [4.78, 5) is 16.5. The molecule has 0 atom stereocenters. The predicted molar refractivity (Wildman–Crippen MR) is 92.7 cm³/mol. The van der Waals surface area contributed by atoms with Gasteiger partial charge in [0.2, 0.25) is 0 Å². The molecule has 0 unspecified atom stereocenters. The van der Waals surface area contributed by atoms with E-state index in [0.29, 0.717) is 25.1 Å². The number of carbonyl (C=O) groups excluding carboxylic acids is 1. The minimum absolute atomic E-state index is 0.144. The minimum atomic E-state index is -2.62. The maximum absolute atomic E-state index is 13.4. The third-order valence-electron chi connectivity index (χ3n) is 4.32. The number of hydrogen-bond acceptors (Lipinski definition) is 3. The van der Waals surface area contributed by atoms with E-state index in [4.69, 9.17) is 4.74 Å². The lowest BCUT2D eigenvalue weighted by Gasteiger charge is -2.22. The highest BCUT2D eigenvalue weighted by molar-refractivity contribution is 5.99. The molecular formula is C19H20F2N2O2. The molecule has 132 valence electrons. The topological polar surface area (TPSA) is 51.2 Å². The third kappa shape index (κ3) is 4.02. The minimum Gasteiger partial charge on any atom is -0.383 e. The van der Waals surface area contributed by atoms with Crippen molar-refractivity contribution >= 4 is 22.4 Å². The molecule has 2 aromatic rings. The molecule has 0 radical (unpaired) electrons. The number of pyridine rings is 1. The Morgan fingerprint density at radius 1 is 1.40 bits per heavy atom. The van der Waals surface area contributed by atoms with Crippen molar-refractivity contribution in [3.8, 4) is 0 Å². The number of nitrogens with one attached hydrogen (secondary N) is 1. The van der Waals surface area contributed by atoms with Crippen LogP contribution in [0.1, 0.15) is 35.2 Å². The van der Waals surface area contributed by atoms with Crippen molar-refractivity contribution in [2.45, 2.75) is 25.2 Å². The molecule has 1 aliphatic carbocycles. The SMILES string of the molecule is COCCNC(=O)c1cnc2c(C3=CCC(F)(F)CC3)cccc2c1. The molecule has 1 heterocycles. The van der Waals surface area contributed by atoms with Gasteiger partial charge in [0.25, 0.3) is 11.8 Å². The van der Waals surface area contributed by atoms with Crippen LogP contribution < -0.4 is 5.32 Å². The number of hydrogen-bond donors (Lipinski definition) is 1. The molecule has 3 rings (SSSR count). The van der Waals surface area contributed by atoms with Gasteiger partial charge in [-0.1, -0.05) is 24.3 Å². The van der Waals surface area contributed by atoms with E-state index in [9.17, 15) is 13.6 Å². The molecule has 1 aromatic heterocycles. The van der Waals surface area contributed by atoms with E-state index in [0.717, 1.165) is 22.0 Å². The number of nitrogens with zero attached hydrogens (tertiary/aromatic N) is 1. The first kappa shape index (κ1) is 17.5. The van der Waals surface area contributed by atoms with Gasteiger partial charge in [0.15, 0.2) is 0 Å². The number of aromatic nitrogens is 1. The number of alkyl halides is 2. The van der Waals surface area contributed by atoms with Gasteiger partial charge in [0.1, 0.15) is 0 Å². The van der Waals surface area contributed by atoms with Gasteiger partial charge in [0, 0.05) is 43.6 Å². The molecule has 0 bridgehead atoms. The summed E-state index contributed by atoms with van der Waals surface area (Å²) >= 11 is 0. The molecule has 0 fully saturated rings. The Morgan fingerprint density at radius 3 is 2.96 bits per heavy atom. The van der Waals surface area contributed by atoms with E-state index >= 15 is 0 Å². The molecule has 1 aromatic carbocycles. The summed E-state index contributed by atoms with van der Waals surface area (Å²) in [5.74, 6) is -2.83. The van der Waals surface area contributed by atoms with Crippen molar-refractivity contribution in [2.24, 2.45) is 0 Å². The molecule has 1 aliphatic rings. The van der Waals surface area contributed by atoms with Crippen LogP contribution >= 0.6 is 0 Å². The van der Waals surface area contributed by atoms with Crippen LogP contribution in [0, 0.1) is 0 Å². The molecule has 1 amide bonds. The first-order valence-corrected chi connectivity index (χ1v) is 8.23. The van der Waals surface area contributed by atoms with Gasteiger partial charge in [-0.25, -0.2) is 8.78 Å². The molecule has 0 aliphatic heterocycles. The quantitative estimate of drug-likeness (QED) is 0.838. The maximum atomic E-state index is 13.4. The van der Waals surface area contributed by atoms with Crippen LogP contribution in [0.2, 0.25) is 0 Å². The average molecular weight is 346 g/mol. The fraction of sp³-hybridized carbons (Fsp3) is 0.368. The number of carbonyl (C=O) groups is 1. The summed E-state index contributed by atoms with van der Waals surface area (Å²) < 4.78 is 31.6. The Kier molecular flexibility index (Phi) is 5.08. The second-order valence-electron chi connectivity index (χ2n) is 6.14. The largest absolute Gasteiger partial charge is 0.383 e. The summed E-state index contributed by atoms with van der Waals surface area (Å²) in [5, 5.41) is 3.57. The van der Waals surface area contributed by atoms with Gasteiger partial charge in [0.05, 0.1) is 17.7 Å². The van der Waals surface area contributed by atoms with E-state index in [1.165, 1.54) is 6.20 Å². The van der Waals surface area contributed by atoms with Crippen molar-refractivity contribution in [1.82, 2.24) is 10.3 Å². The highest BCUT2D eigenvalue weighted by atomic mass is 19.3. The molecule has 4 nitrogen and oxygen atoms in total. The first-order valence-electron chi connectivity index (χ1n) is 8.23. The smallest absolute Gasteiger partial charge is 0.252 e. The fourth-order valence-corrected chi connectivity index (χ4v) is 2.95. The second-order valence-corrected chi connectivity index (χ2v) is 6.14. The number of fused-ring (bicyclic) bond motifs is 1. The average Bonchev–Trinajstić information content (AvgIpc) is 2.61. The van der Waals surface area contributed by atoms with E-state index < -0.39 is 5.92 Å². The van der Waals surface area contributed by atoms with Gasteiger partial charge >= 0.3 is 0 Å². The number of benzene rings is 1. The Hall–Kier alpha value is -2.34. The standard InChI is InChI=1S/C19H20F2N2O2/c1-25-10-9-22-18(24)15-11-14-3-2-4-16(17(14)23-12-15)13-5-7-19(20,21)8-6-13/h2-5,11-12H,6-10H2,1H3,(H,22,24). The van der Waals surface area contributed by atoms with Crippen molar-refractivity contribution in [2.75, 3.05) is 20.3 Å². The lowest BCUT2D eigenvalue weighted by atomic mass is 9.90. The zero-order valence-corrected chi connectivity index (χ0v) is 14.0. The zero-order valence-electron chi connectivity index (χ0n) is 14.0. The molecule has 25 heavy (non-hydrogen) atoms. The van der Waals surface area contributed by atoms with Crippen molar-refractivity contribution in [1.29, 1.82) is 0 Å². The highest BCUT2D eigenvalue weighted by Gasteiger charge is 2.31. The van der Waals surface area contributed by atoms with Gasteiger partial charge < -0.3 is 10.1 Å². The van der Waals surface area contributed by atoms with E-state index in [1.54, 1.807) is 19.3 Å². The van der Waals surface area contributed by atoms with Crippen LogP contribution in [0.3, 0.4) is 0 Å². The van der Waals surface area contributed by atoms with Gasteiger partial charge in [-0.15, -0.1) is 0 Å². The Labute approximate surface area is 144 Å². The number of para-hydroxylation sites is 1. The van der Waals surface area contributed by atoms with Crippen molar-refractivity contribution in [3.63, 3.8) is 0 Å². The Balaban J connectivity index is 1.88. The van der Waals surface area contributed by atoms with E-state index in [2.05, 4.69) is 10.3 Å². The van der Waals surface area contributed by atoms with Gasteiger partial charge in [-0.05, 0) is 18.1 Å². The van der Waals surface area contributed by atoms with E-state index in [1.807, 2.05) is 18.2 Å². The summed E-state index contributed by atoms with van der Waals surface area (Å²) in [5.41, 5.74) is 2.94. The number of rotatable bonds is 5. The summed E-state index contributed by atoms with van der Waals surface area (Å²) in [6.07, 6.45) is 3.07. The number of amides is 1.